The van der Waals surface area contributed by atoms with Gasteiger partial charge in [-0.1, -0.05) is 11.6 Å². The van der Waals surface area contributed by atoms with Gasteiger partial charge in [-0.3, -0.25) is 14.5 Å². The molecule has 0 aliphatic carbocycles. The van der Waals surface area contributed by atoms with Gasteiger partial charge in [-0.15, -0.1) is 0 Å². The van der Waals surface area contributed by atoms with E-state index in [0.29, 0.717) is 36.6 Å². The highest BCUT2D eigenvalue weighted by atomic mass is 16.4. The Morgan fingerprint density at radius 3 is 3.00 bits per heavy atom. The molecule has 1 fully saturated rings. The number of H-pyrrole nitrogens is 1. The topological polar surface area (TPSA) is 99.4 Å². The predicted molar refractivity (Wildman–Crippen MR) is 83.3 cm³/mol. The van der Waals surface area contributed by atoms with Crippen LogP contribution in [0.4, 0.5) is 0 Å². The summed E-state index contributed by atoms with van der Waals surface area (Å²) in [5.74, 6) is -0.590. The molecule has 1 aliphatic rings. The summed E-state index contributed by atoms with van der Waals surface area (Å²) in [6.07, 6.45) is 0. The summed E-state index contributed by atoms with van der Waals surface area (Å²) in [4.78, 5) is 32.2. The molecule has 7 nitrogen and oxygen atoms in total. The molecule has 1 aliphatic heterocycles. The number of hydrogen-bond acceptors (Lipinski definition) is 5. The van der Waals surface area contributed by atoms with Gasteiger partial charge >= 0.3 is 5.97 Å². The summed E-state index contributed by atoms with van der Waals surface area (Å²) >= 11 is 0. The van der Waals surface area contributed by atoms with Crippen molar-refractivity contribution in [2.24, 2.45) is 5.92 Å². The third-order valence-corrected chi connectivity index (χ3v) is 4.21. The van der Waals surface area contributed by atoms with Crippen LogP contribution in [0.3, 0.4) is 0 Å². The second-order valence-electron chi connectivity index (χ2n) is 6.02. The molecule has 118 valence electrons. The Kier molecular flexibility index (Phi) is 2.99. The van der Waals surface area contributed by atoms with Crippen LogP contribution >= 0.6 is 0 Å². The number of furan rings is 1. The lowest BCUT2D eigenvalue weighted by Crippen LogP contribution is -2.49. The van der Waals surface area contributed by atoms with Crippen LogP contribution in [0.15, 0.2) is 27.4 Å². The fourth-order valence-corrected chi connectivity index (χ4v) is 2.96. The van der Waals surface area contributed by atoms with E-state index < -0.39 is 5.97 Å². The van der Waals surface area contributed by atoms with Crippen molar-refractivity contribution in [1.29, 1.82) is 0 Å². The minimum atomic E-state index is -0.783. The predicted octanol–water partition coefficient (Wildman–Crippen LogP) is 1.49. The maximum Gasteiger partial charge on any atom is 0.309 e. The molecule has 3 aromatic rings. The maximum atomic E-state index is 12.2. The van der Waals surface area contributed by atoms with E-state index in [0.717, 1.165) is 10.9 Å². The summed E-state index contributed by atoms with van der Waals surface area (Å²) in [6.45, 7) is 3.34. The zero-order valence-electron chi connectivity index (χ0n) is 12.5. The standard InChI is InChI=1S/C16H15N3O4/c1-8-2-3-11-10(4-8)13-14(23-11)15(20)18-12(17-13)7-19-5-9(6-19)16(21)22/h2-4,9H,5-7H2,1H3,(H,21,22)(H,17,18,20). The van der Waals surface area contributed by atoms with Gasteiger partial charge < -0.3 is 14.5 Å². The van der Waals surface area contributed by atoms with Crippen LogP contribution in [0.1, 0.15) is 11.4 Å². The van der Waals surface area contributed by atoms with Gasteiger partial charge in [0.05, 0.1) is 12.5 Å². The number of carboxylic acids is 1. The molecule has 0 bridgehead atoms. The van der Waals surface area contributed by atoms with Crippen molar-refractivity contribution in [2.75, 3.05) is 13.1 Å². The van der Waals surface area contributed by atoms with Crippen molar-refractivity contribution in [3.05, 3.63) is 39.9 Å². The summed E-state index contributed by atoms with van der Waals surface area (Å²) in [6, 6.07) is 5.70. The van der Waals surface area contributed by atoms with Crippen molar-refractivity contribution in [3.8, 4) is 0 Å². The molecule has 7 heteroatoms. The Balaban J connectivity index is 1.71. The average Bonchev–Trinajstić information content (AvgIpc) is 2.81. The molecular weight excluding hydrogens is 298 g/mol. The van der Waals surface area contributed by atoms with Crippen molar-refractivity contribution in [2.45, 2.75) is 13.5 Å². The molecule has 2 aromatic heterocycles. The third-order valence-electron chi connectivity index (χ3n) is 4.21. The SMILES string of the molecule is Cc1ccc2oc3c(=O)[nH]c(CN4CC(C(=O)O)C4)nc3c2c1. The molecule has 0 spiro atoms. The van der Waals surface area contributed by atoms with Crippen LogP contribution < -0.4 is 5.56 Å². The van der Waals surface area contributed by atoms with Gasteiger partial charge in [0, 0.05) is 18.5 Å². The fourth-order valence-electron chi connectivity index (χ4n) is 2.96. The molecule has 2 N–H and O–H groups in total. The molecular formula is C16H15N3O4. The number of aryl methyl sites for hydroxylation is 1. The number of aromatic amines is 1. The first kappa shape index (κ1) is 14.0. The first-order valence-electron chi connectivity index (χ1n) is 7.38. The van der Waals surface area contributed by atoms with Gasteiger partial charge in [-0.25, -0.2) is 4.98 Å². The molecule has 1 aromatic carbocycles. The van der Waals surface area contributed by atoms with Gasteiger partial charge in [0.2, 0.25) is 5.58 Å². The van der Waals surface area contributed by atoms with Crippen molar-refractivity contribution in [3.63, 3.8) is 0 Å². The summed E-state index contributed by atoms with van der Waals surface area (Å²) in [7, 11) is 0. The number of likely N-dealkylation sites (tertiary alicyclic amines) is 1. The number of carbonyl (C=O) groups is 1. The first-order valence-corrected chi connectivity index (χ1v) is 7.38. The zero-order valence-corrected chi connectivity index (χ0v) is 12.5. The normalized spacial score (nSPS) is 16.0. The largest absolute Gasteiger partial charge is 0.481 e. The van der Waals surface area contributed by atoms with Gasteiger partial charge in [-0.05, 0) is 19.1 Å². The Morgan fingerprint density at radius 2 is 2.26 bits per heavy atom. The number of rotatable bonds is 3. The molecule has 0 radical (unpaired) electrons. The van der Waals surface area contributed by atoms with E-state index in [-0.39, 0.29) is 17.1 Å². The number of fused-ring (bicyclic) bond motifs is 3. The van der Waals surface area contributed by atoms with E-state index in [1.807, 2.05) is 30.0 Å². The maximum absolute atomic E-state index is 12.2. The molecule has 0 amide bonds. The lowest BCUT2D eigenvalue weighted by molar-refractivity contribution is -0.147. The number of nitrogens with one attached hydrogen (secondary N) is 1. The van der Waals surface area contributed by atoms with E-state index in [1.165, 1.54) is 0 Å². The molecule has 1 saturated heterocycles. The van der Waals surface area contributed by atoms with E-state index in [2.05, 4.69) is 9.97 Å². The summed E-state index contributed by atoms with van der Waals surface area (Å²) in [5.41, 5.74) is 2.17. The second kappa shape index (κ2) is 4.92. The smallest absolute Gasteiger partial charge is 0.309 e. The van der Waals surface area contributed by atoms with Gasteiger partial charge in [0.15, 0.2) is 0 Å². The van der Waals surface area contributed by atoms with Crippen LogP contribution in [-0.4, -0.2) is 39.0 Å². The molecule has 0 unspecified atom stereocenters. The number of benzene rings is 1. The Morgan fingerprint density at radius 1 is 1.48 bits per heavy atom. The van der Waals surface area contributed by atoms with Crippen molar-refractivity contribution >= 4 is 28.0 Å². The third kappa shape index (κ3) is 2.29. The Bertz CT molecular complexity index is 982. The van der Waals surface area contributed by atoms with E-state index in [4.69, 9.17) is 9.52 Å². The minimum Gasteiger partial charge on any atom is -0.481 e. The summed E-state index contributed by atoms with van der Waals surface area (Å²) in [5, 5.41) is 9.73. The lowest BCUT2D eigenvalue weighted by Gasteiger charge is -2.35. The van der Waals surface area contributed by atoms with Gasteiger partial charge in [0.25, 0.3) is 5.56 Å². The molecule has 3 heterocycles. The highest BCUT2D eigenvalue weighted by Crippen LogP contribution is 2.26. The van der Waals surface area contributed by atoms with Gasteiger partial charge in [0.1, 0.15) is 16.9 Å². The van der Waals surface area contributed by atoms with Crippen LogP contribution in [-0.2, 0) is 11.3 Å². The van der Waals surface area contributed by atoms with Crippen LogP contribution in [0.2, 0.25) is 0 Å². The minimum absolute atomic E-state index is 0.223. The van der Waals surface area contributed by atoms with E-state index in [9.17, 15) is 9.59 Å². The number of nitrogens with zero attached hydrogens (tertiary/aromatic N) is 2. The fraction of sp³-hybridized carbons (Fsp3) is 0.312. The zero-order chi connectivity index (χ0) is 16.1. The van der Waals surface area contributed by atoms with Gasteiger partial charge in [-0.2, -0.15) is 0 Å². The highest BCUT2D eigenvalue weighted by molar-refractivity contribution is 6.02. The van der Waals surface area contributed by atoms with Crippen molar-refractivity contribution < 1.29 is 14.3 Å². The highest BCUT2D eigenvalue weighted by Gasteiger charge is 2.32. The lowest BCUT2D eigenvalue weighted by atomic mass is 10.0. The van der Waals surface area contributed by atoms with Crippen molar-refractivity contribution in [1.82, 2.24) is 14.9 Å². The van der Waals surface area contributed by atoms with Crippen LogP contribution in [0.25, 0.3) is 22.1 Å². The molecule has 0 atom stereocenters. The second-order valence-corrected chi connectivity index (χ2v) is 6.02. The Hall–Kier alpha value is -2.67. The summed E-state index contributed by atoms with van der Waals surface area (Å²) < 4.78 is 5.59. The van der Waals surface area contributed by atoms with Crippen LogP contribution in [0, 0.1) is 12.8 Å². The van der Waals surface area contributed by atoms with Crippen LogP contribution in [0.5, 0.6) is 0 Å². The number of aliphatic carboxylic acids is 1. The molecule has 4 rings (SSSR count). The molecule has 23 heavy (non-hydrogen) atoms. The first-order chi connectivity index (χ1) is 11.0. The Labute approximate surface area is 130 Å². The molecule has 0 saturated carbocycles. The monoisotopic (exact) mass is 313 g/mol. The average molecular weight is 313 g/mol. The van der Waals surface area contributed by atoms with E-state index >= 15 is 0 Å². The number of hydrogen-bond donors (Lipinski definition) is 2. The quantitative estimate of drug-likeness (QED) is 0.760. The van der Waals surface area contributed by atoms with E-state index in [1.54, 1.807) is 0 Å². The number of carboxylic acid groups (broad SMARTS) is 1. The number of aromatic nitrogens is 2.